The average molecular weight is 750 g/mol. The lowest BCUT2D eigenvalue weighted by molar-refractivity contribution is -0.309. The number of aliphatic hydroxyl groups excluding tert-OH is 8. The van der Waals surface area contributed by atoms with E-state index in [9.17, 15) is 54.4 Å². The van der Waals surface area contributed by atoms with Crippen molar-refractivity contribution in [2.45, 2.75) is 148 Å². The lowest BCUT2D eigenvalue weighted by Gasteiger charge is -2.48. The van der Waals surface area contributed by atoms with Crippen LogP contribution in [0.2, 0.25) is 0 Å². The monoisotopic (exact) mass is 749 g/mol. The third-order valence-electron chi connectivity index (χ3n) is 10.1. The summed E-state index contributed by atoms with van der Waals surface area (Å²) in [5, 5.41) is 84.4. The Morgan fingerprint density at radius 2 is 1.22 bits per heavy atom. The summed E-state index contributed by atoms with van der Waals surface area (Å²) >= 11 is 0. The van der Waals surface area contributed by atoms with E-state index < -0.39 is 153 Å². The second-order valence-electron chi connectivity index (χ2n) is 13.5. The molecule has 20 atom stereocenters. The van der Waals surface area contributed by atoms with Gasteiger partial charge in [0.15, 0.2) is 30.8 Å². The maximum absolute atomic E-state index is 14.2. The lowest BCUT2D eigenvalue weighted by Crippen LogP contribution is -2.67. The molecule has 51 heavy (non-hydrogen) atoms. The van der Waals surface area contributed by atoms with Gasteiger partial charge in [0.05, 0.1) is 24.8 Å². The van der Waals surface area contributed by atoms with Crippen LogP contribution in [0.15, 0.2) is 0 Å². The summed E-state index contributed by atoms with van der Waals surface area (Å²) in [5.74, 6) is -6.24. The molecule has 0 aromatic heterocycles. The van der Waals surface area contributed by atoms with Gasteiger partial charge in [-0.2, -0.15) is 0 Å². The molecule has 1 saturated carbocycles. The molecule has 0 radical (unpaired) electrons. The van der Waals surface area contributed by atoms with E-state index >= 15 is 0 Å². The number of nitrogens with two attached hydrogens (primary N) is 5. The number of halogens is 2. The molecule has 0 aromatic carbocycles. The number of Topliss-reactive ketones (excluding diaryl/α,β-unsaturated/α-hetero) is 1. The van der Waals surface area contributed by atoms with Crippen molar-refractivity contribution >= 4 is 5.78 Å². The highest BCUT2D eigenvalue weighted by molar-refractivity contribution is 5.84. The fourth-order valence-electron chi connectivity index (χ4n) is 6.81. The minimum atomic E-state index is -3.75. The van der Waals surface area contributed by atoms with Gasteiger partial charge in [0.1, 0.15) is 67.1 Å². The number of aliphatic hydroxyl groups is 8. The SMILES string of the molecule is CCC(F)(F)[C@H](O)C(=O)C[C@@H]1C[C@H](N)[C@@H](O[C@H]2O[C@H](CN)[C@@H](O)[C@@H](O)[C@H]2N)[C@H](O[C@@H]2O[C@H](CO)[C@@H](O[C@H]3O[C@@H](CN)[C@@H](O)[C@H](O)[C@H]3N)[C@H]2O)[C@H]1O. The number of rotatable bonds is 14. The van der Waals surface area contributed by atoms with Gasteiger partial charge in [0, 0.05) is 32.0 Å². The summed E-state index contributed by atoms with van der Waals surface area (Å²) in [6, 6.07) is -3.90. The van der Waals surface area contributed by atoms with Gasteiger partial charge in [-0.3, -0.25) is 4.79 Å². The van der Waals surface area contributed by atoms with E-state index in [4.69, 9.17) is 57.1 Å². The molecule has 0 amide bonds. The topological polar surface area (TPSA) is 364 Å². The molecular weight excluding hydrogens is 696 g/mol. The molecule has 1 aliphatic carbocycles. The molecule has 22 heteroatoms. The Bertz CT molecular complexity index is 1140. The first-order valence-corrected chi connectivity index (χ1v) is 16.8. The minimum absolute atomic E-state index is 0.238. The van der Waals surface area contributed by atoms with Crippen LogP contribution >= 0.6 is 0 Å². The summed E-state index contributed by atoms with van der Waals surface area (Å²) in [6.45, 7) is -0.191. The van der Waals surface area contributed by atoms with E-state index in [0.717, 1.165) is 6.92 Å². The highest BCUT2D eigenvalue weighted by Gasteiger charge is 2.55. The first-order valence-electron chi connectivity index (χ1n) is 16.8. The van der Waals surface area contributed by atoms with Crippen LogP contribution in [0.4, 0.5) is 8.78 Å². The van der Waals surface area contributed by atoms with E-state index in [1.54, 1.807) is 0 Å². The van der Waals surface area contributed by atoms with Gasteiger partial charge in [0.2, 0.25) is 0 Å². The molecule has 18 N–H and O–H groups in total. The van der Waals surface area contributed by atoms with E-state index in [2.05, 4.69) is 0 Å². The van der Waals surface area contributed by atoms with Crippen LogP contribution in [0, 0.1) is 5.92 Å². The lowest BCUT2D eigenvalue weighted by atomic mass is 9.76. The molecule has 20 nitrogen and oxygen atoms in total. The average Bonchev–Trinajstić information content (AvgIpc) is 3.40. The van der Waals surface area contributed by atoms with Gasteiger partial charge < -0.3 is 97.9 Å². The van der Waals surface area contributed by atoms with Crippen molar-refractivity contribution < 1.29 is 82.8 Å². The Morgan fingerprint density at radius 3 is 1.69 bits per heavy atom. The van der Waals surface area contributed by atoms with E-state index in [1.165, 1.54) is 0 Å². The quantitative estimate of drug-likeness (QED) is 0.0784. The number of ketones is 1. The fourth-order valence-corrected chi connectivity index (χ4v) is 6.81. The molecule has 4 aliphatic rings. The summed E-state index contributed by atoms with van der Waals surface area (Å²) in [7, 11) is 0. The Kier molecular flexibility index (Phi) is 14.6. The second-order valence-corrected chi connectivity index (χ2v) is 13.5. The Balaban J connectivity index is 1.59. The van der Waals surface area contributed by atoms with Gasteiger partial charge >= 0.3 is 0 Å². The fraction of sp³-hybridized carbons (Fsp3) is 0.966. The zero-order valence-electron chi connectivity index (χ0n) is 27.9. The van der Waals surface area contributed by atoms with Crippen molar-refractivity contribution in [3.8, 4) is 0 Å². The van der Waals surface area contributed by atoms with Crippen LogP contribution in [-0.4, -0.2) is 189 Å². The van der Waals surface area contributed by atoms with Gasteiger partial charge in [-0.25, -0.2) is 8.78 Å². The van der Waals surface area contributed by atoms with E-state index in [1.807, 2.05) is 0 Å². The first kappa shape index (κ1) is 42.5. The third-order valence-corrected chi connectivity index (χ3v) is 10.1. The normalized spacial score (nSPS) is 47.3. The summed E-state index contributed by atoms with van der Waals surface area (Å²) in [4.78, 5) is 12.8. The summed E-state index contributed by atoms with van der Waals surface area (Å²) in [6.07, 6.45) is -27.0. The minimum Gasteiger partial charge on any atom is -0.394 e. The van der Waals surface area contributed by atoms with Gasteiger partial charge in [-0.15, -0.1) is 0 Å². The standard InChI is InChI=1S/C29H53F2N5O15/c1-2-29(30,31)25(45)10(38)4-8-3-9(34)22(49-26-14(35)19(42)17(40)11(5-32)46-26)24(16(8)39)51-28-21(44)23(13(7-37)48-28)50-27-15(36)20(43)18(41)12(6-33)47-27/h8-9,11-28,37,39-45H,2-7,32-36H2,1H3/t8-,9-,11+,12-,13+,14+,15+,16-,17+,18+,19-,20+,21+,22+,23+,24+,25+,26+,27+,28-/m0/s1. The number of carbonyl (C=O) groups excluding carboxylic acids is 1. The highest BCUT2D eigenvalue weighted by Crippen LogP contribution is 2.38. The van der Waals surface area contributed by atoms with Crippen molar-refractivity contribution in [3.05, 3.63) is 0 Å². The maximum atomic E-state index is 14.2. The summed E-state index contributed by atoms with van der Waals surface area (Å²) < 4.78 is 63.1. The van der Waals surface area contributed by atoms with Gasteiger partial charge in [-0.1, -0.05) is 6.92 Å². The van der Waals surface area contributed by atoms with E-state index in [0.29, 0.717) is 0 Å². The van der Waals surface area contributed by atoms with Crippen molar-refractivity contribution in [2.24, 2.45) is 34.6 Å². The van der Waals surface area contributed by atoms with Crippen molar-refractivity contribution in [2.75, 3.05) is 19.7 Å². The zero-order chi connectivity index (χ0) is 38.1. The highest BCUT2D eigenvalue weighted by atomic mass is 19.3. The molecule has 0 unspecified atom stereocenters. The second kappa shape index (κ2) is 17.5. The number of hydrogen-bond acceptors (Lipinski definition) is 20. The van der Waals surface area contributed by atoms with Gasteiger partial charge in [-0.05, 0) is 12.3 Å². The van der Waals surface area contributed by atoms with Crippen molar-refractivity contribution in [1.29, 1.82) is 0 Å². The Morgan fingerprint density at radius 1 is 0.745 bits per heavy atom. The summed E-state index contributed by atoms with van der Waals surface area (Å²) in [5.41, 5.74) is 29.8. The van der Waals surface area contributed by atoms with Crippen LogP contribution < -0.4 is 28.7 Å². The predicted molar refractivity (Wildman–Crippen MR) is 165 cm³/mol. The number of hydrogen-bond donors (Lipinski definition) is 13. The van der Waals surface area contributed by atoms with Crippen LogP contribution in [0.5, 0.6) is 0 Å². The predicted octanol–water partition coefficient (Wildman–Crippen LogP) is -7.24. The maximum Gasteiger partial charge on any atom is 0.280 e. The molecule has 3 saturated heterocycles. The molecule has 0 bridgehead atoms. The van der Waals surface area contributed by atoms with Gasteiger partial charge in [0.25, 0.3) is 5.92 Å². The molecule has 4 rings (SSSR count). The smallest absolute Gasteiger partial charge is 0.280 e. The van der Waals surface area contributed by atoms with Crippen molar-refractivity contribution in [3.63, 3.8) is 0 Å². The molecule has 4 fully saturated rings. The molecule has 3 heterocycles. The van der Waals surface area contributed by atoms with E-state index in [-0.39, 0.29) is 19.5 Å². The first-order chi connectivity index (χ1) is 23.9. The van der Waals surface area contributed by atoms with Crippen LogP contribution in [0.1, 0.15) is 26.2 Å². The molecule has 298 valence electrons. The van der Waals surface area contributed by atoms with Crippen LogP contribution in [0.25, 0.3) is 0 Å². The van der Waals surface area contributed by atoms with Crippen molar-refractivity contribution in [1.82, 2.24) is 0 Å². The number of alkyl halides is 2. The number of carbonyl (C=O) groups is 1. The third kappa shape index (κ3) is 8.85. The molecule has 3 aliphatic heterocycles. The van der Waals surface area contributed by atoms with Crippen LogP contribution in [-0.2, 0) is 33.2 Å². The molecular formula is C29H53F2N5O15. The Labute approximate surface area is 291 Å². The molecule has 0 aromatic rings. The Hall–Kier alpha value is -1.23. The molecule has 0 spiro atoms. The largest absolute Gasteiger partial charge is 0.394 e. The van der Waals surface area contributed by atoms with Crippen LogP contribution in [0.3, 0.4) is 0 Å². The zero-order valence-corrected chi connectivity index (χ0v) is 27.9. The number of ether oxygens (including phenoxy) is 6.